The van der Waals surface area contributed by atoms with Crippen molar-refractivity contribution in [3.8, 4) is 28.0 Å². The first-order chi connectivity index (χ1) is 15.0. The molecule has 0 unspecified atom stereocenters. The summed E-state index contributed by atoms with van der Waals surface area (Å²) < 4.78 is 24.5. The zero-order valence-corrected chi connectivity index (χ0v) is 18.0. The van der Waals surface area contributed by atoms with E-state index in [1.807, 2.05) is 18.2 Å². The van der Waals surface area contributed by atoms with Crippen molar-refractivity contribution in [1.82, 2.24) is 5.32 Å². The van der Waals surface area contributed by atoms with Gasteiger partial charge in [0.1, 0.15) is 17.5 Å². The predicted octanol–water partition coefficient (Wildman–Crippen LogP) is 4.84. The van der Waals surface area contributed by atoms with Gasteiger partial charge in [-0.05, 0) is 48.4 Å². The maximum Gasteiger partial charge on any atom is 0.261 e. The molecule has 0 atom stereocenters. The highest BCUT2D eigenvalue weighted by Crippen LogP contribution is 2.31. The van der Waals surface area contributed by atoms with Gasteiger partial charge in [0.05, 0.1) is 14.2 Å². The molecule has 0 aliphatic carbocycles. The Kier molecular flexibility index (Phi) is 7.41. The number of halogens is 1. The molecule has 0 fully saturated rings. The van der Waals surface area contributed by atoms with E-state index < -0.39 is 5.91 Å². The molecule has 158 valence electrons. The van der Waals surface area contributed by atoms with Crippen LogP contribution in [0.2, 0.25) is 0 Å². The van der Waals surface area contributed by atoms with E-state index in [2.05, 4.69) is 5.32 Å². The van der Waals surface area contributed by atoms with Gasteiger partial charge in [-0.2, -0.15) is 5.26 Å². The number of carbonyl (C=O) groups excluding carboxylic acids is 1. The van der Waals surface area contributed by atoms with E-state index >= 15 is 0 Å². The third-order valence-electron chi connectivity index (χ3n) is 4.56. The van der Waals surface area contributed by atoms with Crippen LogP contribution >= 0.6 is 11.3 Å². The van der Waals surface area contributed by atoms with E-state index in [1.165, 1.54) is 23.5 Å². The van der Waals surface area contributed by atoms with E-state index in [0.29, 0.717) is 34.9 Å². The third kappa shape index (κ3) is 5.50. The van der Waals surface area contributed by atoms with Gasteiger partial charge in [-0.1, -0.05) is 24.3 Å². The van der Waals surface area contributed by atoms with Gasteiger partial charge < -0.3 is 14.8 Å². The Balaban J connectivity index is 1.64. The van der Waals surface area contributed by atoms with Gasteiger partial charge in [-0.25, -0.2) is 4.39 Å². The lowest BCUT2D eigenvalue weighted by molar-refractivity contribution is -0.117. The highest BCUT2D eigenvalue weighted by Gasteiger charge is 2.12. The van der Waals surface area contributed by atoms with Crippen molar-refractivity contribution in [2.75, 3.05) is 20.8 Å². The summed E-state index contributed by atoms with van der Waals surface area (Å²) in [7, 11) is 3.13. The number of nitrogens with zero attached hydrogens (tertiary/aromatic N) is 1. The fraction of sp³-hybridized carbons (Fsp3) is 0.167. The van der Waals surface area contributed by atoms with Crippen molar-refractivity contribution < 1.29 is 18.7 Å². The van der Waals surface area contributed by atoms with Gasteiger partial charge in [0.15, 0.2) is 11.5 Å². The lowest BCUT2D eigenvalue weighted by atomic mass is 10.1. The molecule has 1 amide bonds. The van der Waals surface area contributed by atoms with Crippen LogP contribution in [0.4, 0.5) is 4.39 Å². The minimum absolute atomic E-state index is 0.00533. The van der Waals surface area contributed by atoms with E-state index in [-0.39, 0.29) is 11.4 Å². The average Bonchev–Trinajstić information content (AvgIpc) is 3.25. The number of hydrogen-bond donors (Lipinski definition) is 1. The molecular formula is C24H21FN2O3S. The molecule has 2 aromatic carbocycles. The van der Waals surface area contributed by atoms with Crippen LogP contribution in [0.3, 0.4) is 0 Å². The lowest BCUT2D eigenvalue weighted by Gasteiger charge is -2.10. The first-order valence-corrected chi connectivity index (χ1v) is 10.3. The Morgan fingerprint density at radius 1 is 1.13 bits per heavy atom. The number of thiophene rings is 1. The molecule has 0 bridgehead atoms. The maximum atomic E-state index is 14.0. The van der Waals surface area contributed by atoms with Crippen LogP contribution < -0.4 is 14.8 Å². The lowest BCUT2D eigenvalue weighted by Crippen LogP contribution is -2.26. The van der Waals surface area contributed by atoms with E-state index in [0.717, 1.165) is 10.4 Å². The summed E-state index contributed by atoms with van der Waals surface area (Å²) in [6.07, 6.45) is 2.09. The molecule has 0 spiro atoms. The van der Waals surface area contributed by atoms with Crippen molar-refractivity contribution in [2.24, 2.45) is 0 Å². The molecule has 0 saturated carbocycles. The number of ether oxygens (including phenoxy) is 2. The zero-order chi connectivity index (χ0) is 22.2. The van der Waals surface area contributed by atoms with Crippen LogP contribution in [0.1, 0.15) is 10.4 Å². The first kappa shape index (κ1) is 22.1. The minimum Gasteiger partial charge on any atom is -0.493 e. The minimum atomic E-state index is -0.455. The molecule has 3 rings (SSSR count). The summed E-state index contributed by atoms with van der Waals surface area (Å²) in [6.45, 7) is 0.359. The van der Waals surface area contributed by atoms with Crippen molar-refractivity contribution in [3.05, 3.63) is 76.4 Å². The molecule has 3 aromatic rings. The van der Waals surface area contributed by atoms with Crippen LogP contribution in [0, 0.1) is 17.1 Å². The summed E-state index contributed by atoms with van der Waals surface area (Å²) in [4.78, 5) is 13.9. The highest BCUT2D eigenvalue weighted by molar-refractivity contribution is 7.16. The number of carbonyl (C=O) groups is 1. The Bertz CT molecular complexity index is 1150. The summed E-state index contributed by atoms with van der Waals surface area (Å²) >= 11 is 1.32. The number of nitriles is 1. The van der Waals surface area contributed by atoms with Gasteiger partial charge in [0.2, 0.25) is 0 Å². The second kappa shape index (κ2) is 10.4. The predicted molar refractivity (Wildman–Crippen MR) is 120 cm³/mol. The van der Waals surface area contributed by atoms with Gasteiger partial charge in [-0.3, -0.25) is 4.79 Å². The quantitative estimate of drug-likeness (QED) is 0.405. The number of amides is 1. The van der Waals surface area contributed by atoms with E-state index in [1.54, 1.807) is 50.6 Å². The van der Waals surface area contributed by atoms with Crippen LogP contribution in [0.15, 0.2) is 60.2 Å². The molecule has 7 heteroatoms. The Labute approximate surface area is 184 Å². The summed E-state index contributed by atoms with van der Waals surface area (Å²) in [5.41, 5.74) is 1.45. The number of nitrogens with one attached hydrogen (secondary N) is 1. The van der Waals surface area contributed by atoms with Gasteiger partial charge in [-0.15, -0.1) is 11.3 Å². The van der Waals surface area contributed by atoms with E-state index in [4.69, 9.17) is 9.47 Å². The molecule has 0 saturated heterocycles. The molecule has 1 aromatic heterocycles. The van der Waals surface area contributed by atoms with Crippen LogP contribution in [0.5, 0.6) is 11.5 Å². The maximum absolute atomic E-state index is 14.0. The largest absolute Gasteiger partial charge is 0.493 e. The molecule has 0 radical (unpaired) electrons. The summed E-state index contributed by atoms with van der Waals surface area (Å²) in [5, 5.41) is 12.2. The van der Waals surface area contributed by atoms with Crippen molar-refractivity contribution in [1.29, 1.82) is 5.26 Å². The van der Waals surface area contributed by atoms with Crippen LogP contribution in [-0.2, 0) is 11.2 Å². The number of benzene rings is 2. The molecule has 0 aliphatic rings. The number of rotatable bonds is 8. The van der Waals surface area contributed by atoms with Gasteiger partial charge >= 0.3 is 0 Å². The van der Waals surface area contributed by atoms with E-state index in [9.17, 15) is 14.4 Å². The number of methoxy groups -OCH3 is 2. The standard InChI is InChI=1S/C24H21FN2O3S/c1-29-21-9-7-16(13-22(21)30-2)11-12-27-24(28)17(15-26)14-18-8-10-23(31-18)19-5-3-4-6-20(19)25/h3-10,13-14H,11-12H2,1-2H3,(H,27,28)/b17-14+. The molecule has 1 heterocycles. The van der Waals surface area contributed by atoms with Gasteiger partial charge in [0, 0.05) is 21.9 Å². The molecule has 1 N–H and O–H groups in total. The van der Waals surface area contributed by atoms with Crippen LogP contribution in [-0.4, -0.2) is 26.7 Å². The molecule has 31 heavy (non-hydrogen) atoms. The van der Waals surface area contributed by atoms with Gasteiger partial charge in [0.25, 0.3) is 5.91 Å². The molecule has 0 aliphatic heterocycles. The van der Waals surface area contributed by atoms with Crippen LogP contribution in [0.25, 0.3) is 16.5 Å². The summed E-state index contributed by atoms with van der Waals surface area (Å²) in [5.74, 6) is 0.486. The second-order valence-electron chi connectivity index (χ2n) is 6.55. The first-order valence-electron chi connectivity index (χ1n) is 9.51. The SMILES string of the molecule is COc1ccc(CCNC(=O)/C(C#N)=C/c2ccc(-c3ccccc3F)s2)cc1OC. The van der Waals surface area contributed by atoms with Crippen molar-refractivity contribution in [3.63, 3.8) is 0 Å². The zero-order valence-electron chi connectivity index (χ0n) is 17.1. The molecular weight excluding hydrogens is 415 g/mol. The number of hydrogen-bond acceptors (Lipinski definition) is 5. The third-order valence-corrected chi connectivity index (χ3v) is 5.63. The average molecular weight is 437 g/mol. The Morgan fingerprint density at radius 3 is 2.61 bits per heavy atom. The summed E-state index contributed by atoms with van der Waals surface area (Å²) in [6, 6.07) is 17.5. The van der Waals surface area contributed by atoms with Crippen molar-refractivity contribution in [2.45, 2.75) is 6.42 Å². The Morgan fingerprint density at radius 2 is 1.90 bits per heavy atom. The Hall–Kier alpha value is -3.63. The second-order valence-corrected chi connectivity index (χ2v) is 7.66. The molecule has 5 nitrogen and oxygen atoms in total. The smallest absolute Gasteiger partial charge is 0.261 e. The fourth-order valence-electron chi connectivity index (χ4n) is 2.98. The highest BCUT2D eigenvalue weighted by atomic mass is 32.1. The normalized spacial score (nSPS) is 11.0. The fourth-order valence-corrected chi connectivity index (χ4v) is 3.96. The van der Waals surface area contributed by atoms with Crippen molar-refractivity contribution >= 4 is 23.3 Å². The monoisotopic (exact) mass is 436 g/mol. The topological polar surface area (TPSA) is 71.3 Å².